The van der Waals surface area contributed by atoms with Crippen molar-refractivity contribution in [3.05, 3.63) is 0 Å². The summed E-state index contributed by atoms with van der Waals surface area (Å²) in [4.78, 5) is 17.7. The second kappa shape index (κ2) is 20.0. The lowest BCUT2D eigenvalue weighted by atomic mass is 9.58. The SMILES string of the molecule is CNC1CCC(N=NC2C(O)C(C(=O)NC3CCCCC3CCC3CCC(N(C4CCCCC4)C4CCCCC4)CC3)CC3CCC4C5CCCCC5NC4C32)CC1. The maximum atomic E-state index is 14.5. The van der Waals surface area contributed by atoms with Crippen LogP contribution in [0.2, 0.25) is 0 Å². The summed E-state index contributed by atoms with van der Waals surface area (Å²) in [6.07, 6.45) is 39.9. The van der Waals surface area contributed by atoms with E-state index in [1.165, 1.54) is 161 Å². The Balaban J connectivity index is 0.823. The third kappa shape index (κ3) is 9.46. The van der Waals surface area contributed by atoms with E-state index in [1.807, 2.05) is 0 Å². The van der Waals surface area contributed by atoms with Gasteiger partial charge < -0.3 is 21.1 Å². The van der Waals surface area contributed by atoms with Crippen molar-refractivity contribution in [2.75, 3.05) is 7.05 Å². The summed E-state index contributed by atoms with van der Waals surface area (Å²) in [6, 6.07) is 4.40. The molecule has 0 bridgehead atoms. The topological polar surface area (TPSA) is 101 Å². The first-order valence-corrected chi connectivity index (χ1v) is 26.1. The van der Waals surface area contributed by atoms with Gasteiger partial charge >= 0.3 is 0 Å². The fraction of sp³-hybridized carbons (Fsp3) is 0.980. The van der Waals surface area contributed by atoms with Crippen molar-refractivity contribution in [3.8, 4) is 0 Å². The number of fused-ring (bicyclic) bond motifs is 5. The molecular weight excluding hydrogens is 717 g/mol. The summed E-state index contributed by atoms with van der Waals surface area (Å²) >= 11 is 0. The van der Waals surface area contributed by atoms with Gasteiger partial charge in [-0.1, -0.05) is 70.6 Å². The largest absolute Gasteiger partial charge is 0.390 e. The average molecular weight is 803 g/mol. The Morgan fingerprint density at radius 2 is 1.31 bits per heavy atom. The summed E-state index contributed by atoms with van der Waals surface area (Å²) in [7, 11) is 2.07. The second-order valence-corrected chi connectivity index (χ2v) is 22.1. The van der Waals surface area contributed by atoms with E-state index in [4.69, 9.17) is 10.2 Å². The van der Waals surface area contributed by atoms with Crippen molar-refractivity contribution in [2.24, 2.45) is 51.7 Å². The van der Waals surface area contributed by atoms with E-state index in [0.29, 0.717) is 35.9 Å². The van der Waals surface area contributed by atoms with Crippen molar-refractivity contribution >= 4 is 5.91 Å². The van der Waals surface area contributed by atoms with Crippen LogP contribution in [0.4, 0.5) is 0 Å². The van der Waals surface area contributed by atoms with Crippen LogP contribution in [0.5, 0.6) is 0 Å². The molecule has 11 unspecified atom stereocenters. The molecule has 8 nitrogen and oxygen atoms in total. The van der Waals surface area contributed by atoms with Gasteiger partial charge in [-0.25, -0.2) is 0 Å². The number of aliphatic hydroxyl groups is 1. The van der Waals surface area contributed by atoms with Gasteiger partial charge in [-0.05, 0) is 165 Å². The summed E-state index contributed by atoms with van der Waals surface area (Å²) in [5, 5.41) is 33.9. The van der Waals surface area contributed by atoms with E-state index >= 15 is 0 Å². The third-order valence-electron chi connectivity index (χ3n) is 19.0. The first-order valence-electron chi connectivity index (χ1n) is 26.1. The average Bonchev–Trinajstić information content (AvgIpc) is 3.66. The van der Waals surface area contributed by atoms with E-state index in [-0.39, 0.29) is 35.9 Å². The Labute approximate surface area is 353 Å². The zero-order valence-electron chi connectivity index (χ0n) is 36.9. The quantitative estimate of drug-likeness (QED) is 0.156. The van der Waals surface area contributed by atoms with Gasteiger partial charge in [0, 0.05) is 48.2 Å². The first-order chi connectivity index (χ1) is 28.5. The zero-order valence-corrected chi connectivity index (χ0v) is 36.9. The highest BCUT2D eigenvalue weighted by Crippen LogP contribution is 2.53. The minimum atomic E-state index is -0.749. The maximum Gasteiger partial charge on any atom is 0.226 e. The van der Waals surface area contributed by atoms with E-state index in [2.05, 4.69) is 27.9 Å². The van der Waals surface area contributed by atoms with Crippen LogP contribution in [-0.4, -0.2) is 83.4 Å². The van der Waals surface area contributed by atoms with Crippen molar-refractivity contribution in [2.45, 2.75) is 260 Å². The maximum absolute atomic E-state index is 14.5. The molecule has 8 saturated carbocycles. The number of carbonyl (C=O) groups is 1. The molecule has 58 heavy (non-hydrogen) atoms. The van der Waals surface area contributed by atoms with E-state index in [9.17, 15) is 9.90 Å². The van der Waals surface area contributed by atoms with Crippen molar-refractivity contribution in [1.29, 1.82) is 0 Å². The molecule has 0 radical (unpaired) electrons. The highest BCUT2D eigenvalue weighted by atomic mass is 16.3. The smallest absolute Gasteiger partial charge is 0.226 e. The molecule has 11 atom stereocenters. The summed E-state index contributed by atoms with van der Waals surface area (Å²) in [5.41, 5.74) is 0. The predicted molar refractivity (Wildman–Crippen MR) is 235 cm³/mol. The first kappa shape index (κ1) is 42.2. The van der Waals surface area contributed by atoms with Crippen molar-refractivity contribution in [1.82, 2.24) is 20.9 Å². The Morgan fingerprint density at radius 3 is 2.03 bits per heavy atom. The monoisotopic (exact) mass is 803 g/mol. The molecular formula is C50H86N6O2. The van der Waals surface area contributed by atoms with Crippen LogP contribution in [-0.2, 0) is 4.79 Å². The molecule has 1 amide bonds. The number of hydrogen-bond donors (Lipinski definition) is 4. The van der Waals surface area contributed by atoms with Crippen molar-refractivity contribution < 1.29 is 9.90 Å². The molecule has 9 fully saturated rings. The van der Waals surface area contributed by atoms with Gasteiger partial charge in [-0.3, -0.25) is 9.69 Å². The van der Waals surface area contributed by atoms with Gasteiger partial charge in [0.15, 0.2) is 0 Å². The lowest BCUT2D eigenvalue weighted by molar-refractivity contribution is -0.137. The fourth-order valence-electron chi connectivity index (χ4n) is 15.8. The molecule has 8 aliphatic carbocycles. The molecule has 8 heteroatoms. The molecule has 9 aliphatic rings. The standard InChI is InChI=1S/C50H86N6O2/c1-51-36-25-27-37(28-26-36)54-55-48-46-35(24-31-42-41-17-9-11-19-45(41)52-47(42)46)32-43(49(48)57)50(58)53-44-18-10-8-12-34(44)23-20-33-21-29-40(30-22-33)56(38-13-4-2-5-14-38)39-15-6-3-7-16-39/h33-49,51-52,57H,2-32H2,1H3,(H,53,58). The number of amides is 1. The molecule has 0 spiro atoms. The molecule has 1 aliphatic heterocycles. The van der Waals surface area contributed by atoms with Gasteiger partial charge in [0.25, 0.3) is 0 Å². The third-order valence-corrected chi connectivity index (χ3v) is 19.0. The Morgan fingerprint density at radius 1 is 0.655 bits per heavy atom. The van der Waals surface area contributed by atoms with Crippen LogP contribution in [0.15, 0.2) is 10.2 Å². The lowest BCUT2D eigenvalue weighted by Crippen LogP contribution is -2.60. The molecule has 0 aromatic carbocycles. The number of hydrogen-bond acceptors (Lipinski definition) is 7. The molecule has 1 saturated heterocycles. The number of carbonyl (C=O) groups excluding carboxylic acids is 1. The summed E-state index contributed by atoms with van der Waals surface area (Å²) < 4.78 is 0. The number of nitrogens with one attached hydrogen (secondary N) is 3. The molecule has 4 N–H and O–H groups in total. The molecule has 0 aromatic heterocycles. The highest BCUT2D eigenvalue weighted by Gasteiger charge is 2.58. The van der Waals surface area contributed by atoms with Crippen LogP contribution >= 0.6 is 0 Å². The molecule has 1 heterocycles. The fourth-order valence-corrected chi connectivity index (χ4v) is 15.8. The van der Waals surface area contributed by atoms with E-state index in [1.54, 1.807) is 0 Å². The summed E-state index contributed by atoms with van der Waals surface area (Å²) in [5.74, 6) is 3.38. The van der Waals surface area contributed by atoms with Crippen molar-refractivity contribution in [3.63, 3.8) is 0 Å². The Hall–Kier alpha value is -1.09. The normalized spacial score (nSPS) is 44.4. The van der Waals surface area contributed by atoms with E-state index in [0.717, 1.165) is 68.5 Å². The number of nitrogens with zero attached hydrogens (tertiary/aromatic N) is 3. The van der Waals surface area contributed by atoms with Gasteiger partial charge in [0.1, 0.15) is 6.04 Å². The van der Waals surface area contributed by atoms with Crippen LogP contribution < -0.4 is 16.0 Å². The minimum Gasteiger partial charge on any atom is -0.390 e. The van der Waals surface area contributed by atoms with Crippen LogP contribution in [0.25, 0.3) is 0 Å². The highest BCUT2D eigenvalue weighted by molar-refractivity contribution is 5.80. The minimum absolute atomic E-state index is 0.124. The zero-order chi connectivity index (χ0) is 39.4. The second-order valence-electron chi connectivity index (χ2n) is 22.1. The van der Waals surface area contributed by atoms with E-state index < -0.39 is 6.10 Å². The molecule has 9 rings (SSSR count). The van der Waals surface area contributed by atoms with Crippen LogP contribution in [0.1, 0.15) is 199 Å². The van der Waals surface area contributed by atoms with Gasteiger partial charge in [0.2, 0.25) is 5.91 Å². The number of rotatable bonds is 11. The summed E-state index contributed by atoms with van der Waals surface area (Å²) in [6.45, 7) is 0. The van der Waals surface area contributed by atoms with Gasteiger partial charge in [0.05, 0.1) is 18.1 Å². The van der Waals surface area contributed by atoms with Crippen LogP contribution in [0, 0.1) is 41.4 Å². The molecule has 0 aromatic rings. The predicted octanol–water partition coefficient (Wildman–Crippen LogP) is 9.87. The Bertz CT molecular complexity index is 1300. The van der Waals surface area contributed by atoms with Gasteiger partial charge in [-0.2, -0.15) is 10.2 Å². The Kier molecular flexibility index (Phi) is 14.5. The van der Waals surface area contributed by atoms with Gasteiger partial charge in [-0.15, -0.1) is 0 Å². The number of aliphatic hydroxyl groups excluding tert-OH is 1. The van der Waals surface area contributed by atoms with Crippen LogP contribution in [0.3, 0.4) is 0 Å². The molecule has 328 valence electrons. The number of azo groups is 1. The lowest BCUT2D eigenvalue weighted by Gasteiger charge is -2.50.